The van der Waals surface area contributed by atoms with Gasteiger partial charge in [-0.15, -0.1) is 0 Å². The summed E-state index contributed by atoms with van der Waals surface area (Å²) in [6.45, 7) is 0. The van der Waals surface area contributed by atoms with Crippen LogP contribution in [-0.4, -0.2) is 33.4 Å². The van der Waals surface area contributed by atoms with Gasteiger partial charge in [-0.05, 0) is 38.5 Å². The van der Waals surface area contributed by atoms with Crippen LogP contribution < -0.4 is 0 Å². The van der Waals surface area contributed by atoms with Crippen molar-refractivity contribution in [2.45, 2.75) is 89.6 Å². The van der Waals surface area contributed by atoms with Gasteiger partial charge in [-0.3, -0.25) is 9.59 Å². The van der Waals surface area contributed by atoms with E-state index in [9.17, 15) is 14.7 Å². The Balaban J connectivity index is 3.31. The zero-order chi connectivity index (χ0) is 17.3. The molecular formula is C18H32O5. The molecular weight excluding hydrogens is 296 g/mol. The molecule has 0 rings (SSSR count). The number of carboxylic acids is 2. The van der Waals surface area contributed by atoms with Crippen LogP contribution in [0.5, 0.6) is 0 Å². The largest absolute Gasteiger partial charge is 0.481 e. The fourth-order valence-electron chi connectivity index (χ4n) is 2.39. The third-order valence-corrected chi connectivity index (χ3v) is 3.76. The Morgan fingerprint density at radius 3 is 1.87 bits per heavy atom. The second-order valence-corrected chi connectivity index (χ2v) is 6.05. The summed E-state index contributed by atoms with van der Waals surface area (Å²) in [5, 5.41) is 26.8. The van der Waals surface area contributed by atoms with E-state index >= 15 is 0 Å². The molecule has 0 fully saturated rings. The van der Waals surface area contributed by atoms with Crippen LogP contribution in [0, 0.1) is 0 Å². The van der Waals surface area contributed by atoms with E-state index in [4.69, 9.17) is 10.2 Å². The van der Waals surface area contributed by atoms with Crippen LogP contribution in [0.4, 0.5) is 0 Å². The maximum absolute atomic E-state index is 10.3. The summed E-state index contributed by atoms with van der Waals surface area (Å²) in [6.07, 6.45) is 14.2. The molecule has 0 radical (unpaired) electrons. The zero-order valence-corrected chi connectivity index (χ0v) is 14.1. The highest BCUT2D eigenvalue weighted by atomic mass is 16.4. The number of unbranched alkanes of at least 4 members (excludes halogenated alkanes) is 7. The van der Waals surface area contributed by atoms with E-state index in [0.717, 1.165) is 57.8 Å². The lowest BCUT2D eigenvalue weighted by atomic mass is 10.1. The number of rotatable bonds is 16. The molecule has 23 heavy (non-hydrogen) atoms. The van der Waals surface area contributed by atoms with Crippen molar-refractivity contribution in [3.8, 4) is 0 Å². The van der Waals surface area contributed by atoms with Crippen molar-refractivity contribution < 1.29 is 24.9 Å². The van der Waals surface area contributed by atoms with Crippen LogP contribution in [0.15, 0.2) is 12.2 Å². The van der Waals surface area contributed by atoms with Crippen molar-refractivity contribution in [1.29, 1.82) is 0 Å². The molecule has 0 aromatic carbocycles. The van der Waals surface area contributed by atoms with E-state index < -0.39 is 11.9 Å². The number of hydrogen-bond donors (Lipinski definition) is 3. The molecule has 0 spiro atoms. The van der Waals surface area contributed by atoms with E-state index in [1.807, 2.05) is 6.08 Å². The second-order valence-electron chi connectivity index (χ2n) is 6.05. The predicted molar refractivity (Wildman–Crippen MR) is 90.4 cm³/mol. The van der Waals surface area contributed by atoms with Crippen molar-refractivity contribution in [3.05, 3.63) is 12.2 Å². The summed E-state index contributed by atoms with van der Waals surface area (Å²) < 4.78 is 0. The van der Waals surface area contributed by atoms with Gasteiger partial charge in [0.05, 0.1) is 6.10 Å². The SMILES string of the molecule is O=C(O)CCCCCCC/C=C\C[C@H](O)CCCCCC(=O)O. The summed E-state index contributed by atoms with van der Waals surface area (Å²) in [6, 6.07) is 0. The van der Waals surface area contributed by atoms with Gasteiger partial charge < -0.3 is 15.3 Å². The molecule has 0 saturated heterocycles. The number of aliphatic hydroxyl groups is 1. The number of allylic oxidation sites excluding steroid dienone is 1. The first kappa shape index (κ1) is 21.6. The topological polar surface area (TPSA) is 94.8 Å². The molecule has 0 aromatic rings. The third-order valence-electron chi connectivity index (χ3n) is 3.76. The first-order chi connectivity index (χ1) is 11.0. The minimum Gasteiger partial charge on any atom is -0.481 e. The van der Waals surface area contributed by atoms with Crippen molar-refractivity contribution in [2.75, 3.05) is 0 Å². The summed E-state index contributed by atoms with van der Waals surface area (Å²) >= 11 is 0. The van der Waals surface area contributed by atoms with Gasteiger partial charge in [-0.25, -0.2) is 0 Å². The highest BCUT2D eigenvalue weighted by Crippen LogP contribution is 2.10. The smallest absolute Gasteiger partial charge is 0.303 e. The Kier molecular flexibility index (Phi) is 14.6. The van der Waals surface area contributed by atoms with E-state index in [1.165, 1.54) is 0 Å². The standard InChI is InChI=1S/C18H32O5/c19-16(13-9-7-11-15-18(22)23)12-8-5-3-1-2-4-6-10-14-17(20)21/h5,8,16,19H,1-4,6-7,9-15H2,(H,20,21)(H,22,23)/b8-5-/t16-/m0/s1. The molecule has 5 nitrogen and oxygen atoms in total. The molecule has 134 valence electrons. The highest BCUT2D eigenvalue weighted by molar-refractivity contribution is 5.66. The Hall–Kier alpha value is -1.36. The minimum absolute atomic E-state index is 0.215. The van der Waals surface area contributed by atoms with Crippen LogP contribution >= 0.6 is 0 Å². The first-order valence-corrected chi connectivity index (χ1v) is 8.79. The van der Waals surface area contributed by atoms with Crippen molar-refractivity contribution in [1.82, 2.24) is 0 Å². The quantitative estimate of drug-likeness (QED) is 0.292. The molecule has 0 aliphatic rings. The first-order valence-electron chi connectivity index (χ1n) is 8.79. The Bertz CT molecular complexity index is 338. The van der Waals surface area contributed by atoms with Crippen molar-refractivity contribution >= 4 is 11.9 Å². The monoisotopic (exact) mass is 328 g/mol. The average molecular weight is 328 g/mol. The van der Waals surface area contributed by atoms with Gasteiger partial charge in [0.15, 0.2) is 0 Å². The van der Waals surface area contributed by atoms with Crippen molar-refractivity contribution in [3.63, 3.8) is 0 Å². The fourth-order valence-corrected chi connectivity index (χ4v) is 2.39. The molecule has 1 atom stereocenters. The van der Waals surface area contributed by atoms with Gasteiger partial charge in [-0.2, -0.15) is 0 Å². The molecule has 0 aliphatic carbocycles. The van der Waals surface area contributed by atoms with E-state index in [0.29, 0.717) is 12.8 Å². The number of hydrogen-bond acceptors (Lipinski definition) is 3. The van der Waals surface area contributed by atoms with Crippen LogP contribution in [0.25, 0.3) is 0 Å². The lowest BCUT2D eigenvalue weighted by molar-refractivity contribution is -0.138. The Morgan fingerprint density at radius 1 is 0.739 bits per heavy atom. The molecule has 5 heteroatoms. The number of carboxylic acid groups (broad SMARTS) is 2. The Labute approximate surface area is 139 Å². The van der Waals surface area contributed by atoms with Gasteiger partial charge in [0.2, 0.25) is 0 Å². The fraction of sp³-hybridized carbons (Fsp3) is 0.778. The molecule has 0 unspecified atom stereocenters. The maximum atomic E-state index is 10.3. The van der Waals surface area contributed by atoms with Crippen LogP contribution in [-0.2, 0) is 9.59 Å². The molecule has 0 bridgehead atoms. The average Bonchev–Trinajstić information content (AvgIpc) is 2.48. The number of aliphatic hydroxyl groups excluding tert-OH is 1. The third kappa shape index (κ3) is 18.6. The number of aliphatic carboxylic acids is 2. The van der Waals surface area contributed by atoms with Gasteiger partial charge in [-0.1, -0.05) is 44.3 Å². The van der Waals surface area contributed by atoms with Gasteiger partial charge in [0, 0.05) is 12.8 Å². The molecule has 0 aliphatic heterocycles. The molecule has 0 amide bonds. The van der Waals surface area contributed by atoms with Crippen LogP contribution in [0.2, 0.25) is 0 Å². The lowest BCUT2D eigenvalue weighted by Crippen LogP contribution is -2.04. The van der Waals surface area contributed by atoms with Gasteiger partial charge >= 0.3 is 11.9 Å². The van der Waals surface area contributed by atoms with Crippen molar-refractivity contribution in [2.24, 2.45) is 0 Å². The lowest BCUT2D eigenvalue weighted by Gasteiger charge is -2.07. The predicted octanol–water partition coefficient (Wildman–Crippen LogP) is 4.14. The normalized spacial score (nSPS) is 12.6. The summed E-state index contributed by atoms with van der Waals surface area (Å²) in [5.41, 5.74) is 0. The zero-order valence-electron chi connectivity index (χ0n) is 14.1. The second kappa shape index (κ2) is 15.5. The van der Waals surface area contributed by atoms with Gasteiger partial charge in [0.25, 0.3) is 0 Å². The van der Waals surface area contributed by atoms with E-state index in [-0.39, 0.29) is 18.9 Å². The van der Waals surface area contributed by atoms with E-state index in [1.54, 1.807) is 0 Å². The number of carbonyl (C=O) groups is 2. The molecule has 0 aromatic heterocycles. The maximum Gasteiger partial charge on any atom is 0.303 e. The molecule has 0 heterocycles. The van der Waals surface area contributed by atoms with E-state index in [2.05, 4.69) is 6.08 Å². The summed E-state index contributed by atoms with van der Waals surface area (Å²) in [7, 11) is 0. The summed E-state index contributed by atoms with van der Waals surface area (Å²) in [5.74, 6) is -1.47. The van der Waals surface area contributed by atoms with Crippen LogP contribution in [0.3, 0.4) is 0 Å². The highest BCUT2D eigenvalue weighted by Gasteiger charge is 2.02. The molecule has 3 N–H and O–H groups in total. The molecule has 0 saturated carbocycles. The Morgan fingerprint density at radius 2 is 1.26 bits per heavy atom. The summed E-state index contributed by atoms with van der Waals surface area (Å²) in [4.78, 5) is 20.7. The van der Waals surface area contributed by atoms with Crippen LogP contribution in [0.1, 0.15) is 83.5 Å². The van der Waals surface area contributed by atoms with Gasteiger partial charge in [0.1, 0.15) is 0 Å². The minimum atomic E-state index is -0.754.